The Morgan fingerprint density at radius 3 is 2.23 bits per heavy atom. The quantitative estimate of drug-likeness (QED) is 0.380. The number of guanidine groups is 1. The first kappa shape index (κ1) is 22.1. The van der Waals surface area contributed by atoms with Crippen LogP contribution in [0.5, 0.6) is 11.5 Å². The summed E-state index contributed by atoms with van der Waals surface area (Å²) < 4.78 is 10.6. The lowest BCUT2D eigenvalue weighted by molar-refractivity contribution is 0.173. The summed E-state index contributed by atoms with van der Waals surface area (Å²) in [5, 5.41) is 6.72. The molecule has 0 amide bonds. The molecule has 0 aliphatic carbocycles. The molecule has 0 aliphatic heterocycles. The van der Waals surface area contributed by atoms with Crippen LogP contribution in [-0.4, -0.2) is 57.3 Å². The molecule has 0 radical (unpaired) electrons. The molecule has 0 saturated carbocycles. The number of benzene rings is 1. The Morgan fingerprint density at radius 1 is 1.04 bits per heavy atom. The first-order valence-electron chi connectivity index (χ1n) is 9.34. The van der Waals surface area contributed by atoms with Gasteiger partial charge in [-0.15, -0.1) is 0 Å². The van der Waals surface area contributed by atoms with Crippen LogP contribution in [0, 0.1) is 0 Å². The summed E-state index contributed by atoms with van der Waals surface area (Å²) >= 11 is 0. The zero-order valence-electron chi connectivity index (χ0n) is 17.4. The highest BCUT2D eigenvalue weighted by Crippen LogP contribution is 2.27. The molecule has 0 fully saturated rings. The molecule has 0 aliphatic rings. The molecule has 0 bridgehead atoms. The molecular formula is C20H36N4O2. The number of ether oxygens (including phenoxy) is 2. The topological polar surface area (TPSA) is 58.1 Å². The van der Waals surface area contributed by atoms with Crippen LogP contribution in [-0.2, 0) is 6.54 Å². The summed E-state index contributed by atoms with van der Waals surface area (Å²) in [6.07, 6.45) is 1.08. The summed E-state index contributed by atoms with van der Waals surface area (Å²) in [4.78, 5) is 6.79. The van der Waals surface area contributed by atoms with Crippen molar-refractivity contribution in [1.82, 2.24) is 15.5 Å². The number of hydrogen-bond acceptors (Lipinski definition) is 4. The van der Waals surface area contributed by atoms with Crippen molar-refractivity contribution in [3.63, 3.8) is 0 Å². The van der Waals surface area contributed by atoms with Gasteiger partial charge >= 0.3 is 0 Å². The lowest BCUT2D eigenvalue weighted by Crippen LogP contribution is -2.41. The Hall–Kier alpha value is -1.95. The smallest absolute Gasteiger partial charge is 0.191 e. The molecule has 1 aromatic carbocycles. The van der Waals surface area contributed by atoms with Gasteiger partial charge in [0.1, 0.15) is 0 Å². The number of aliphatic imine (C=N–C) groups is 1. The number of methoxy groups -OCH3 is 2. The maximum atomic E-state index is 5.35. The van der Waals surface area contributed by atoms with Crippen LogP contribution < -0.4 is 20.1 Å². The van der Waals surface area contributed by atoms with Crippen molar-refractivity contribution in [2.45, 2.75) is 52.7 Å². The van der Waals surface area contributed by atoms with Crippen LogP contribution in [0.2, 0.25) is 0 Å². The van der Waals surface area contributed by atoms with Crippen LogP contribution in [0.1, 0.15) is 39.7 Å². The Morgan fingerprint density at radius 2 is 1.69 bits per heavy atom. The van der Waals surface area contributed by atoms with E-state index in [-0.39, 0.29) is 0 Å². The molecule has 0 heterocycles. The van der Waals surface area contributed by atoms with Crippen molar-refractivity contribution < 1.29 is 9.47 Å². The normalized spacial score (nSPS) is 12.0. The van der Waals surface area contributed by atoms with Gasteiger partial charge in [-0.2, -0.15) is 0 Å². The van der Waals surface area contributed by atoms with Gasteiger partial charge in [-0.3, -0.25) is 9.89 Å². The van der Waals surface area contributed by atoms with Crippen LogP contribution in [0.4, 0.5) is 0 Å². The van der Waals surface area contributed by atoms with Gasteiger partial charge in [0.2, 0.25) is 0 Å². The third-order valence-electron chi connectivity index (χ3n) is 4.34. The van der Waals surface area contributed by atoms with E-state index in [1.807, 2.05) is 18.2 Å². The summed E-state index contributed by atoms with van der Waals surface area (Å²) in [6, 6.07) is 7.04. The van der Waals surface area contributed by atoms with Gasteiger partial charge in [-0.1, -0.05) is 6.07 Å². The van der Waals surface area contributed by atoms with Gasteiger partial charge in [-0.25, -0.2) is 0 Å². The first-order chi connectivity index (χ1) is 12.4. The Kier molecular flexibility index (Phi) is 9.88. The lowest BCUT2D eigenvalue weighted by atomic mass is 10.2. The second-order valence-corrected chi connectivity index (χ2v) is 6.82. The molecule has 148 valence electrons. The minimum atomic E-state index is 0.567. The monoisotopic (exact) mass is 364 g/mol. The van der Waals surface area contributed by atoms with Crippen molar-refractivity contribution in [1.29, 1.82) is 0 Å². The van der Waals surface area contributed by atoms with Gasteiger partial charge in [0.25, 0.3) is 0 Å². The predicted molar refractivity (Wildman–Crippen MR) is 109 cm³/mol. The molecule has 6 nitrogen and oxygen atoms in total. The van der Waals surface area contributed by atoms with Crippen molar-refractivity contribution in [3.05, 3.63) is 23.8 Å². The molecule has 6 heteroatoms. The van der Waals surface area contributed by atoms with Crippen molar-refractivity contribution in [2.75, 3.05) is 34.4 Å². The van der Waals surface area contributed by atoms with E-state index in [0.29, 0.717) is 18.6 Å². The summed E-state index contributed by atoms with van der Waals surface area (Å²) in [5.41, 5.74) is 1.11. The Labute approximate surface area is 159 Å². The zero-order chi connectivity index (χ0) is 19.5. The number of nitrogens with one attached hydrogen (secondary N) is 2. The van der Waals surface area contributed by atoms with Crippen LogP contribution in [0.3, 0.4) is 0 Å². The van der Waals surface area contributed by atoms with Crippen molar-refractivity contribution in [3.8, 4) is 11.5 Å². The highest BCUT2D eigenvalue weighted by molar-refractivity contribution is 5.79. The first-order valence-corrected chi connectivity index (χ1v) is 9.34. The molecule has 1 aromatic rings. The van der Waals surface area contributed by atoms with E-state index in [9.17, 15) is 0 Å². The molecule has 0 atom stereocenters. The highest BCUT2D eigenvalue weighted by Gasteiger charge is 2.12. The SMILES string of the molecule is CN=C(NCCCN(C(C)C)C(C)C)NCc1ccc(OC)c(OC)c1. The largest absolute Gasteiger partial charge is 0.493 e. The van der Waals surface area contributed by atoms with Gasteiger partial charge in [-0.05, 0) is 51.8 Å². The zero-order valence-corrected chi connectivity index (χ0v) is 17.4. The van der Waals surface area contributed by atoms with Crippen molar-refractivity contribution >= 4 is 5.96 Å². The molecule has 0 spiro atoms. The predicted octanol–water partition coefficient (Wildman–Crippen LogP) is 2.88. The third kappa shape index (κ3) is 7.12. The number of rotatable bonds is 10. The third-order valence-corrected chi connectivity index (χ3v) is 4.34. The van der Waals surface area contributed by atoms with Crippen LogP contribution in [0.15, 0.2) is 23.2 Å². The van der Waals surface area contributed by atoms with Crippen LogP contribution in [0.25, 0.3) is 0 Å². The average molecular weight is 365 g/mol. The Balaban J connectivity index is 2.44. The molecule has 0 saturated heterocycles. The minimum absolute atomic E-state index is 0.567. The second-order valence-electron chi connectivity index (χ2n) is 6.82. The van der Waals surface area contributed by atoms with Crippen molar-refractivity contribution in [2.24, 2.45) is 4.99 Å². The second kappa shape index (κ2) is 11.6. The fourth-order valence-corrected chi connectivity index (χ4v) is 2.98. The number of hydrogen-bond donors (Lipinski definition) is 2. The fraction of sp³-hybridized carbons (Fsp3) is 0.650. The molecule has 1 rings (SSSR count). The van der Waals surface area contributed by atoms with E-state index in [4.69, 9.17) is 9.47 Å². The average Bonchev–Trinajstić information content (AvgIpc) is 2.62. The van der Waals surface area contributed by atoms with E-state index >= 15 is 0 Å². The van der Waals surface area contributed by atoms with Gasteiger partial charge in [0.15, 0.2) is 17.5 Å². The highest BCUT2D eigenvalue weighted by atomic mass is 16.5. The Bertz CT molecular complexity index is 551. The number of nitrogens with zero attached hydrogens (tertiary/aromatic N) is 2. The molecule has 0 aromatic heterocycles. The van der Waals surface area contributed by atoms with Gasteiger partial charge in [0, 0.05) is 38.8 Å². The van der Waals surface area contributed by atoms with E-state index < -0.39 is 0 Å². The van der Waals surface area contributed by atoms with E-state index in [1.54, 1.807) is 21.3 Å². The summed E-state index contributed by atoms with van der Waals surface area (Å²) in [7, 11) is 5.08. The summed E-state index contributed by atoms with van der Waals surface area (Å²) in [5.74, 6) is 2.27. The molecular weight excluding hydrogens is 328 g/mol. The van der Waals surface area contributed by atoms with E-state index in [0.717, 1.165) is 42.5 Å². The van der Waals surface area contributed by atoms with Gasteiger partial charge in [0.05, 0.1) is 14.2 Å². The van der Waals surface area contributed by atoms with Gasteiger partial charge < -0.3 is 20.1 Å². The molecule has 2 N–H and O–H groups in total. The standard InChI is InChI=1S/C20H36N4O2/c1-15(2)24(16(3)4)12-8-11-22-20(21-5)23-14-17-9-10-18(25-6)19(13-17)26-7/h9-10,13,15-16H,8,11-12,14H2,1-7H3,(H2,21,22,23). The fourth-order valence-electron chi connectivity index (χ4n) is 2.98. The lowest BCUT2D eigenvalue weighted by Gasteiger charge is -2.30. The van der Waals surface area contributed by atoms with Crippen LogP contribution >= 0.6 is 0 Å². The molecule has 0 unspecified atom stereocenters. The minimum Gasteiger partial charge on any atom is -0.493 e. The van der Waals surface area contributed by atoms with E-state index in [2.05, 4.69) is 48.2 Å². The maximum absolute atomic E-state index is 5.35. The summed E-state index contributed by atoms with van der Waals surface area (Å²) in [6.45, 7) is 11.6. The molecule has 26 heavy (non-hydrogen) atoms. The van der Waals surface area contributed by atoms with E-state index in [1.165, 1.54) is 0 Å². The maximum Gasteiger partial charge on any atom is 0.191 e.